The standard InChI is InChI=1S/C11H19F3O2/c1-4-10(5-2,16-3)9(15)7-6-8-11(12,13)14/h4-8H2,1-3H3. The zero-order valence-corrected chi connectivity index (χ0v) is 9.99. The lowest BCUT2D eigenvalue weighted by molar-refractivity contribution is -0.146. The molecule has 0 aromatic carbocycles. The largest absolute Gasteiger partial charge is 0.389 e. The van der Waals surface area contributed by atoms with Gasteiger partial charge in [0, 0.05) is 20.0 Å². The van der Waals surface area contributed by atoms with E-state index in [0.29, 0.717) is 12.8 Å². The van der Waals surface area contributed by atoms with Gasteiger partial charge in [0.15, 0.2) is 5.78 Å². The second kappa shape index (κ2) is 6.23. The van der Waals surface area contributed by atoms with E-state index in [0.717, 1.165) is 0 Å². The molecule has 0 amide bonds. The molecule has 0 atom stereocenters. The lowest BCUT2D eigenvalue weighted by Gasteiger charge is -2.28. The van der Waals surface area contributed by atoms with E-state index in [2.05, 4.69) is 0 Å². The van der Waals surface area contributed by atoms with Gasteiger partial charge >= 0.3 is 6.18 Å². The minimum absolute atomic E-state index is 0.0744. The number of rotatable bonds is 7. The summed E-state index contributed by atoms with van der Waals surface area (Å²) >= 11 is 0. The number of halogens is 3. The molecule has 0 N–H and O–H groups in total. The molecule has 0 aromatic rings. The molecule has 0 heterocycles. The Kier molecular flexibility index (Phi) is 6.00. The van der Waals surface area contributed by atoms with Crippen LogP contribution >= 0.6 is 0 Å². The van der Waals surface area contributed by atoms with Crippen molar-refractivity contribution in [2.45, 2.75) is 57.7 Å². The molecule has 0 aromatic heterocycles. The normalized spacial score (nSPS) is 12.9. The molecule has 0 fully saturated rings. The maximum atomic E-state index is 11.9. The molecule has 0 bridgehead atoms. The highest BCUT2D eigenvalue weighted by molar-refractivity contribution is 5.87. The van der Waals surface area contributed by atoms with Crippen LogP contribution in [0.2, 0.25) is 0 Å². The van der Waals surface area contributed by atoms with Crippen LogP contribution in [0.1, 0.15) is 46.0 Å². The molecule has 96 valence electrons. The fourth-order valence-electron chi connectivity index (χ4n) is 1.72. The number of hydrogen-bond acceptors (Lipinski definition) is 2. The first kappa shape index (κ1) is 15.4. The third-order valence-corrected chi connectivity index (χ3v) is 2.91. The quantitative estimate of drug-likeness (QED) is 0.680. The molecular formula is C11H19F3O2. The average molecular weight is 240 g/mol. The Bertz CT molecular complexity index is 211. The van der Waals surface area contributed by atoms with E-state index in [1.54, 1.807) is 13.8 Å². The van der Waals surface area contributed by atoms with E-state index in [1.165, 1.54) is 7.11 Å². The fraction of sp³-hybridized carbons (Fsp3) is 0.909. The molecule has 5 heteroatoms. The minimum atomic E-state index is -4.19. The van der Waals surface area contributed by atoms with Crippen LogP contribution in [-0.2, 0) is 9.53 Å². The number of carbonyl (C=O) groups is 1. The van der Waals surface area contributed by atoms with Crippen LogP contribution in [0.15, 0.2) is 0 Å². The Hall–Kier alpha value is -0.580. The fourth-order valence-corrected chi connectivity index (χ4v) is 1.72. The minimum Gasteiger partial charge on any atom is -0.370 e. The van der Waals surface area contributed by atoms with Crippen molar-refractivity contribution in [2.75, 3.05) is 7.11 Å². The van der Waals surface area contributed by atoms with E-state index in [4.69, 9.17) is 4.74 Å². The summed E-state index contributed by atoms with van der Waals surface area (Å²) < 4.78 is 40.9. The number of ether oxygens (including phenoxy) is 1. The zero-order valence-electron chi connectivity index (χ0n) is 9.99. The molecule has 0 rings (SSSR count). The molecule has 16 heavy (non-hydrogen) atoms. The van der Waals surface area contributed by atoms with E-state index >= 15 is 0 Å². The SMILES string of the molecule is CCC(CC)(OC)C(=O)CCCC(F)(F)F. The maximum absolute atomic E-state index is 11.9. The summed E-state index contributed by atoms with van der Waals surface area (Å²) in [6, 6.07) is 0. The topological polar surface area (TPSA) is 26.3 Å². The van der Waals surface area contributed by atoms with Crippen molar-refractivity contribution < 1.29 is 22.7 Å². The second-order valence-corrected chi connectivity index (χ2v) is 3.80. The first-order valence-corrected chi connectivity index (χ1v) is 5.46. The highest BCUT2D eigenvalue weighted by Crippen LogP contribution is 2.26. The number of methoxy groups -OCH3 is 1. The molecule has 0 unspecified atom stereocenters. The smallest absolute Gasteiger partial charge is 0.370 e. The lowest BCUT2D eigenvalue weighted by atomic mass is 9.89. The summed E-state index contributed by atoms with van der Waals surface area (Å²) in [5.41, 5.74) is -0.897. The van der Waals surface area contributed by atoms with E-state index in [9.17, 15) is 18.0 Å². The molecule has 0 saturated heterocycles. The number of Topliss-reactive ketones (excluding diaryl/α,β-unsaturated/α-hetero) is 1. The van der Waals surface area contributed by atoms with E-state index < -0.39 is 18.2 Å². The van der Waals surface area contributed by atoms with Gasteiger partial charge < -0.3 is 4.74 Å². The zero-order chi connectivity index (χ0) is 12.8. The molecule has 0 aliphatic carbocycles. The predicted molar refractivity (Wildman–Crippen MR) is 55.2 cm³/mol. The van der Waals surface area contributed by atoms with Gasteiger partial charge in [-0.15, -0.1) is 0 Å². The average Bonchev–Trinajstić information content (AvgIpc) is 2.19. The predicted octanol–water partition coefficient (Wildman–Crippen LogP) is 3.49. The van der Waals surface area contributed by atoms with Crippen molar-refractivity contribution in [3.8, 4) is 0 Å². The molecule has 0 spiro atoms. The Morgan fingerprint density at radius 2 is 1.69 bits per heavy atom. The van der Waals surface area contributed by atoms with Gasteiger partial charge in [0.05, 0.1) is 0 Å². The summed E-state index contributed by atoms with van der Waals surface area (Å²) in [4.78, 5) is 11.8. The van der Waals surface area contributed by atoms with Crippen LogP contribution in [0.5, 0.6) is 0 Å². The second-order valence-electron chi connectivity index (χ2n) is 3.80. The van der Waals surface area contributed by atoms with Crippen LogP contribution in [0.3, 0.4) is 0 Å². The van der Waals surface area contributed by atoms with Gasteiger partial charge in [-0.25, -0.2) is 0 Å². The molecule has 0 radical (unpaired) electrons. The van der Waals surface area contributed by atoms with Gasteiger partial charge in [-0.2, -0.15) is 13.2 Å². The van der Waals surface area contributed by atoms with Crippen molar-refractivity contribution in [1.82, 2.24) is 0 Å². The van der Waals surface area contributed by atoms with Crippen molar-refractivity contribution in [3.63, 3.8) is 0 Å². The van der Waals surface area contributed by atoms with Crippen LogP contribution in [0, 0.1) is 0 Å². The molecule has 0 saturated carbocycles. The van der Waals surface area contributed by atoms with Crippen molar-refractivity contribution in [2.24, 2.45) is 0 Å². The Morgan fingerprint density at radius 3 is 2.00 bits per heavy atom. The Morgan fingerprint density at radius 1 is 1.19 bits per heavy atom. The third-order valence-electron chi connectivity index (χ3n) is 2.91. The summed E-state index contributed by atoms with van der Waals surface area (Å²) in [5, 5.41) is 0. The highest BCUT2D eigenvalue weighted by atomic mass is 19.4. The number of ketones is 1. The summed E-state index contributed by atoms with van der Waals surface area (Å²) in [6.07, 6.45) is -4.35. The summed E-state index contributed by atoms with van der Waals surface area (Å²) in [6.45, 7) is 3.60. The number of hydrogen-bond donors (Lipinski definition) is 0. The maximum Gasteiger partial charge on any atom is 0.389 e. The van der Waals surface area contributed by atoms with Crippen LogP contribution in [0.4, 0.5) is 13.2 Å². The molecule has 2 nitrogen and oxygen atoms in total. The lowest BCUT2D eigenvalue weighted by Crippen LogP contribution is -2.39. The number of alkyl halides is 3. The third kappa shape index (κ3) is 4.51. The van der Waals surface area contributed by atoms with Gasteiger partial charge in [0.1, 0.15) is 5.60 Å². The summed E-state index contributed by atoms with van der Waals surface area (Å²) in [7, 11) is 1.43. The van der Waals surface area contributed by atoms with E-state index in [-0.39, 0.29) is 18.6 Å². The summed E-state index contributed by atoms with van der Waals surface area (Å²) in [5.74, 6) is -0.232. The van der Waals surface area contributed by atoms with Gasteiger partial charge in [0.25, 0.3) is 0 Å². The molecule has 0 aliphatic rings. The van der Waals surface area contributed by atoms with Crippen LogP contribution in [-0.4, -0.2) is 24.7 Å². The van der Waals surface area contributed by atoms with Gasteiger partial charge in [-0.1, -0.05) is 13.8 Å². The molecular weight excluding hydrogens is 221 g/mol. The Labute approximate surface area is 94.2 Å². The van der Waals surface area contributed by atoms with Crippen LogP contribution in [0.25, 0.3) is 0 Å². The Balaban J connectivity index is 4.23. The van der Waals surface area contributed by atoms with Gasteiger partial charge in [0.2, 0.25) is 0 Å². The number of carbonyl (C=O) groups excluding carboxylic acids is 1. The molecule has 0 aliphatic heterocycles. The van der Waals surface area contributed by atoms with Crippen molar-refractivity contribution in [1.29, 1.82) is 0 Å². The first-order valence-electron chi connectivity index (χ1n) is 5.46. The monoisotopic (exact) mass is 240 g/mol. The van der Waals surface area contributed by atoms with Crippen molar-refractivity contribution >= 4 is 5.78 Å². The van der Waals surface area contributed by atoms with Crippen molar-refractivity contribution in [3.05, 3.63) is 0 Å². The van der Waals surface area contributed by atoms with E-state index in [1.807, 2.05) is 0 Å². The van der Waals surface area contributed by atoms with Crippen LogP contribution < -0.4 is 0 Å². The first-order chi connectivity index (χ1) is 7.31. The van der Waals surface area contributed by atoms with Gasteiger partial charge in [-0.05, 0) is 19.3 Å². The highest BCUT2D eigenvalue weighted by Gasteiger charge is 2.35. The van der Waals surface area contributed by atoms with Gasteiger partial charge in [-0.3, -0.25) is 4.79 Å².